The van der Waals surface area contributed by atoms with E-state index in [0.29, 0.717) is 24.4 Å². The fourth-order valence-electron chi connectivity index (χ4n) is 3.00. The minimum atomic E-state index is -3.73. The molecule has 0 atom stereocenters. The number of nitrogens with zero attached hydrogens (tertiary/aromatic N) is 1. The Morgan fingerprint density at radius 3 is 2.32 bits per heavy atom. The number of anilines is 1. The van der Waals surface area contributed by atoms with Crippen LogP contribution in [0.2, 0.25) is 0 Å². The summed E-state index contributed by atoms with van der Waals surface area (Å²) in [7, 11) is -2.25. The van der Waals surface area contributed by atoms with Crippen molar-refractivity contribution in [1.29, 1.82) is 0 Å². The maximum absolute atomic E-state index is 12.9. The zero-order chi connectivity index (χ0) is 22.4. The van der Waals surface area contributed by atoms with Crippen LogP contribution in [0.3, 0.4) is 0 Å². The van der Waals surface area contributed by atoms with Crippen molar-refractivity contribution in [1.82, 2.24) is 5.32 Å². The van der Waals surface area contributed by atoms with Gasteiger partial charge >= 0.3 is 0 Å². The van der Waals surface area contributed by atoms with Gasteiger partial charge in [-0.2, -0.15) is 0 Å². The molecule has 0 aromatic heterocycles. The Balaban J connectivity index is 1.71. The monoisotopic (exact) mass is 438 g/mol. The first-order valence-corrected chi connectivity index (χ1v) is 11.4. The summed E-state index contributed by atoms with van der Waals surface area (Å²) in [6, 6.07) is 20.7. The van der Waals surface area contributed by atoms with Gasteiger partial charge in [0.2, 0.25) is 0 Å². The number of nitrogens with one attached hydrogen (secondary N) is 1. The Kier molecular flexibility index (Phi) is 6.97. The van der Waals surface area contributed by atoms with E-state index >= 15 is 0 Å². The summed E-state index contributed by atoms with van der Waals surface area (Å²) >= 11 is 0. The van der Waals surface area contributed by atoms with E-state index in [1.54, 1.807) is 48.5 Å². The van der Waals surface area contributed by atoms with Crippen LogP contribution in [0, 0.1) is 6.92 Å². The third kappa shape index (κ3) is 5.44. The molecule has 162 valence electrons. The van der Waals surface area contributed by atoms with Gasteiger partial charge < -0.3 is 10.1 Å². The number of sulfonamides is 1. The summed E-state index contributed by atoms with van der Waals surface area (Å²) in [6.07, 6.45) is 0. The van der Waals surface area contributed by atoms with E-state index in [1.165, 1.54) is 11.4 Å². The largest absolute Gasteiger partial charge is 0.494 e. The van der Waals surface area contributed by atoms with Gasteiger partial charge in [-0.25, -0.2) is 8.42 Å². The highest BCUT2D eigenvalue weighted by Gasteiger charge is 2.21. The molecule has 0 saturated heterocycles. The smallest absolute Gasteiger partial charge is 0.264 e. The minimum absolute atomic E-state index is 0.200. The fraction of sp³-hybridized carbons (Fsp3) is 0.208. The zero-order valence-electron chi connectivity index (χ0n) is 17.8. The third-order valence-electron chi connectivity index (χ3n) is 4.84. The second-order valence-corrected chi connectivity index (χ2v) is 9.06. The summed E-state index contributed by atoms with van der Waals surface area (Å²) < 4.78 is 32.4. The number of carbonyl (C=O) groups is 1. The van der Waals surface area contributed by atoms with Gasteiger partial charge in [0.25, 0.3) is 15.9 Å². The summed E-state index contributed by atoms with van der Waals surface area (Å²) in [5.41, 5.74) is 2.71. The number of hydrogen-bond donors (Lipinski definition) is 1. The molecule has 3 rings (SSSR count). The number of ether oxygens (including phenoxy) is 1. The Labute approximate surface area is 183 Å². The van der Waals surface area contributed by atoms with Crippen molar-refractivity contribution in [3.8, 4) is 5.75 Å². The Bertz CT molecular complexity index is 1140. The molecule has 0 bridgehead atoms. The number of rotatable bonds is 8. The fourth-order valence-corrected chi connectivity index (χ4v) is 4.19. The highest BCUT2D eigenvalue weighted by Crippen LogP contribution is 2.23. The molecule has 0 aliphatic heterocycles. The van der Waals surface area contributed by atoms with Crippen LogP contribution in [0.25, 0.3) is 0 Å². The summed E-state index contributed by atoms with van der Waals surface area (Å²) in [6.45, 7) is 4.77. The SMILES string of the molecule is CCOc1ccc(CNC(=O)c2cccc(N(C)S(=O)(=O)c3ccc(C)cc3)c2)cc1. The van der Waals surface area contributed by atoms with Crippen LogP contribution < -0.4 is 14.4 Å². The molecule has 0 saturated carbocycles. The van der Waals surface area contributed by atoms with Crippen LogP contribution in [0.5, 0.6) is 5.75 Å². The first-order valence-electron chi connectivity index (χ1n) is 9.97. The number of amides is 1. The van der Waals surface area contributed by atoms with Crippen molar-refractivity contribution in [2.75, 3.05) is 18.0 Å². The molecule has 0 spiro atoms. The summed E-state index contributed by atoms with van der Waals surface area (Å²) in [5, 5.41) is 2.86. The van der Waals surface area contributed by atoms with Gasteiger partial charge in [-0.15, -0.1) is 0 Å². The van der Waals surface area contributed by atoms with Crippen LogP contribution in [-0.2, 0) is 16.6 Å². The van der Waals surface area contributed by atoms with E-state index in [-0.39, 0.29) is 10.8 Å². The molecular weight excluding hydrogens is 412 g/mol. The molecule has 1 amide bonds. The van der Waals surface area contributed by atoms with Crippen molar-refractivity contribution in [3.63, 3.8) is 0 Å². The van der Waals surface area contributed by atoms with Crippen molar-refractivity contribution in [2.45, 2.75) is 25.3 Å². The lowest BCUT2D eigenvalue weighted by molar-refractivity contribution is 0.0951. The maximum Gasteiger partial charge on any atom is 0.264 e. The van der Waals surface area contributed by atoms with Gasteiger partial charge in [0.15, 0.2) is 0 Å². The van der Waals surface area contributed by atoms with Crippen molar-refractivity contribution < 1.29 is 17.9 Å². The highest BCUT2D eigenvalue weighted by atomic mass is 32.2. The standard InChI is InChI=1S/C24H26N2O4S/c1-4-30-22-12-10-19(11-13-22)17-25-24(27)20-6-5-7-21(16-20)26(3)31(28,29)23-14-8-18(2)9-15-23/h5-16H,4,17H2,1-3H3,(H,25,27). The van der Waals surface area contributed by atoms with Gasteiger partial charge in [-0.05, 0) is 61.9 Å². The first kappa shape index (κ1) is 22.4. The van der Waals surface area contributed by atoms with Crippen molar-refractivity contribution in [2.24, 2.45) is 0 Å². The number of hydrogen-bond acceptors (Lipinski definition) is 4. The lowest BCUT2D eigenvalue weighted by Gasteiger charge is -2.20. The molecule has 3 aromatic carbocycles. The quantitative estimate of drug-likeness (QED) is 0.573. The van der Waals surface area contributed by atoms with Crippen LogP contribution in [0.4, 0.5) is 5.69 Å². The molecule has 7 heteroatoms. The lowest BCUT2D eigenvalue weighted by atomic mass is 10.1. The lowest BCUT2D eigenvalue weighted by Crippen LogP contribution is -2.27. The molecule has 0 aliphatic carbocycles. The Hall–Kier alpha value is -3.32. The number of benzene rings is 3. The molecule has 6 nitrogen and oxygen atoms in total. The number of aryl methyl sites for hydroxylation is 1. The van der Waals surface area contributed by atoms with E-state index < -0.39 is 10.0 Å². The predicted molar refractivity (Wildman–Crippen MR) is 122 cm³/mol. The van der Waals surface area contributed by atoms with Gasteiger partial charge in [0.05, 0.1) is 17.2 Å². The molecule has 1 N–H and O–H groups in total. The van der Waals surface area contributed by atoms with Crippen LogP contribution >= 0.6 is 0 Å². The van der Waals surface area contributed by atoms with E-state index in [0.717, 1.165) is 16.9 Å². The maximum atomic E-state index is 12.9. The predicted octanol–water partition coefficient (Wildman–Crippen LogP) is 4.15. The minimum Gasteiger partial charge on any atom is -0.494 e. The number of carbonyl (C=O) groups excluding carboxylic acids is 1. The van der Waals surface area contributed by atoms with Crippen LogP contribution in [-0.4, -0.2) is 28.0 Å². The van der Waals surface area contributed by atoms with Crippen molar-refractivity contribution >= 4 is 21.6 Å². The van der Waals surface area contributed by atoms with Gasteiger partial charge in [0.1, 0.15) is 5.75 Å². The first-order chi connectivity index (χ1) is 14.8. The second-order valence-electron chi connectivity index (χ2n) is 7.10. The molecule has 0 aliphatic rings. The summed E-state index contributed by atoms with van der Waals surface area (Å²) in [4.78, 5) is 12.8. The van der Waals surface area contributed by atoms with E-state index in [4.69, 9.17) is 4.74 Å². The highest BCUT2D eigenvalue weighted by molar-refractivity contribution is 7.92. The molecule has 3 aromatic rings. The third-order valence-corrected chi connectivity index (χ3v) is 6.64. The Morgan fingerprint density at radius 1 is 1.00 bits per heavy atom. The molecule has 0 heterocycles. The average molecular weight is 439 g/mol. The van der Waals surface area contributed by atoms with Gasteiger partial charge in [0, 0.05) is 19.2 Å². The van der Waals surface area contributed by atoms with Gasteiger partial charge in [-0.1, -0.05) is 35.9 Å². The second kappa shape index (κ2) is 9.66. The molecule has 0 unspecified atom stereocenters. The van der Waals surface area contributed by atoms with E-state index in [2.05, 4.69) is 5.32 Å². The molecule has 31 heavy (non-hydrogen) atoms. The van der Waals surface area contributed by atoms with Crippen LogP contribution in [0.15, 0.2) is 77.7 Å². The molecule has 0 fully saturated rings. The molecule has 0 radical (unpaired) electrons. The topological polar surface area (TPSA) is 75.7 Å². The van der Waals surface area contributed by atoms with Crippen molar-refractivity contribution in [3.05, 3.63) is 89.5 Å². The average Bonchev–Trinajstić information content (AvgIpc) is 2.78. The van der Waals surface area contributed by atoms with Gasteiger partial charge in [-0.3, -0.25) is 9.10 Å². The zero-order valence-corrected chi connectivity index (χ0v) is 18.6. The normalized spacial score (nSPS) is 11.1. The van der Waals surface area contributed by atoms with Crippen LogP contribution in [0.1, 0.15) is 28.4 Å². The van der Waals surface area contributed by atoms with E-state index in [9.17, 15) is 13.2 Å². The summed E-state index contributed by atoms with van der Waals surface area (Å²) in [5.74, 6) is 0.500. The Morgan fingerprint density at radius 2 is 1.68 bits per heavy atom. The molecular formula is C24H26N2O4S. The van der Waals surface area contributed by atoms with E-state index in [1.807, 2.05) is 38.1 Å².